The maximum Gasteiger partial charge on any atom is 0.0736 e. The number of carboxylic acids is 2. The predicted octanol–water partition coefficient (Wildman–Crippen LogP) is 1.73. The zero-order chi connectivity index (χ0) is 18.4. The molecule has 1 aromatic rings. The molecule has 6 heteroatoms. The van der Waals surface area contributed by atoms with Crippen molar-refractivity contribution in [3.05, 3.63) is 41.0 Å². The Morgan fingerprint density at radius 3 is 2.36 bits per heavy atom. The van der Waals surface area contributed by atoms with Crippen LogP contribution in [-0.4, -0.2) is 17.7 Å². The van der Waals surface area contributed by atoms with Gasteiger partial charge in [-0.25, -0.2) is 0 Å². The van der Waals surface area contributed by atoms with Crippen molar-refractivity contribution in [3.63, 3.8) is 0 Å². The quantitative estimate of drug-likeness (QED) is 0.626. The van der Waals surface area contributed by atoms with E-state index in [1.54, 1.807) is 0 Å². The summed E-state index contributed by atoms with van der Waals surface area (Å²) < 4.78 is 0. The molecule has 0 aromatic heterocycles. The number of nitrogens with one attached hydrogen (secondary N) is 1. The molecule has 1 fully saturated rings. The molecule has 1 aromatic carbocycles. The molecule has 0 aliphatic heterocycles. The van der Waals surface area contributed by atoms with E-state index in [0.717, 1.165) is 43.0 Å². The van der Waals surface area contributed by atoms with Crippen LogP contribution in [0.1, 0.15) is 66.7 Å². The third-order valence-electron chi connectivity index (χ3n) is 4.24. The van der Waals surface area contributed by atoms with Gasteiger partial charge in [-0.15, -0.1) is 0 Å². The molecule has 1 saturated carbocycles. The third-order valence-corrected chi connectivity index (χ3v) is 4.24. The third kappa shape index (κ3) is 5.17. The molecule has 6 nitrogen and oxygen atoms in total. The van der Waals surface area contributed by atoms with Gasteiger partial charge in [-0.1, -0.05) is 30.9 Å². The van der Waals surface area contributed by atoms with Crippen molar-refractivity contribution in [3.8, 4) is 0 Å². The maximum absolute atomic E-state index is 11.3. The normalized spacial score (nSPS) is 15.5. The molecular weight excluding hydrogens is 320 g/mol. The maximum atomic E-state index is 11.3. The van der Waals surface area contributed by atoms with Crippen LogP contribution in [0.3, 0.4) is 0 Å². The van der Waals surface area contributed by atoms with Gasteiger partial charge in [0.1, 0.15) is 0 Å². The molecule has 1 N–H and O–H groups in total. The Labute approximate surface area is 147 Å². The average molecular weight is 342 g/mol. The van der Waals surface area contributed by atoms with Crippen LogP contribution >= 0.6 is 0 Å². The van der Waals surface area contributed by atoms with Crippen LogP contribution in [-0.2, 0) is 0 Å². The first-order valence-corrected chi connectivity index (χ1v) is 8.43. The molecule has 134 valence electrons. The van der Waals surface area contributed by atoms with Crippen molar-refractivity contribution in [2.75, 3.05) is 5.43 Å². The van der Waals surface area contributed by atoms with Crippen molar-refractivity contribution < 1.29 is 19.8 Å². The van der Waals surface area contributed by atoms with E-state index in [4.69, 9.17) is 0 Å². The number of carbonyl (C=O) groups is 2. The number of hydrogen-bond donors (Lipinski definition) is 1. The lowest BCUT2D eigenvalue weighted by atomic mass is 9.85. The highest BCUT2D eigenvalue weighted by Gasteiger charge is 2.18. The lowest BCUT2D eigenvalue weighted by molar-refractivity contribution is -0.255. The summed E-state index contributed by atoms with van der Waals surface area (Å²) in [6, 6.07) is 3.66. The molecule has 1 aliphatic carbocycles. The first-order chi connectivity index (χ1) is 11.9. The summed E-state index contributed by atoms with van der Waals surface area (Å²) in [5.74, 6) is -2.57. The monoisotopic (exact) mass is 342 g/mol. The van der Waals surface area contributed by atoms with Crippen LogP contribution in [0.4, 0.5) is 5.69 Å². The summed E-state index contributed by atoms with van der Waals surface area (Å²) in [4.78, 5) is 22.2. The molecule has 1 aliphatic rings. The first-order valence-electron chi connectivity index (χ1n) is 8.43. The van der Waals surface area contributed by atoms with E-state index < -0.39 is 11.9 Å². The Morgan fingerprint density at radius 1 is 1.12 bits per heavy atom. The summed E-state index contributed by atoms with van der Waals surface area (Å²) in [6.07, 6.45) is 7.65. The Kier molecular flexibility index (Phi) is 6.33. The van der Waals surface area contributed by atoms with Gasteiger partial charge in [-0.05, 0) is 50.5 Å². The lowest BCUT2D eigenvalue weighted by Crippen LogP contribution is -2.26. The van der Waals surface area contributed by atoms with Gasteiger partial charge in [0.25, 0.3) is 0 Å². The van der Waals surface area contributed by atoms with Crippen molar-refractivity contribution >= 4 is 23.3 Å². The number of carbonyl (C=O) groups excluding carboxylic acids is 2. The average Bonchev–Trinajstić information content (AvgIpc) is 2.58. The van der Waals surface area contributed by atoms with E-state index >= 15 is 0 Å². The Morgan fingerprint density at radius 2 is 1.80 bits per heavy atom. The first kappa shape index (κ1) is 18.7. The predicted molar refractivity (Wildman–Crippen MR) is 92.2 cm³/mol. The molecule has 0 heterocycles. The zero-order valence-electron chi connectivity index (χ0n) is 14.5. The molecule has 25 heavy (non-hydrogen) atoms. The highest BCUT2D eigenvalue weighted by atomic mass is 16.4. The molecule has 0 unspecified atom stereocenters. The van der Waals surface area contributed by atoms with Crippen LogP contribution in [0.25, 0.3) is 0 Å². The molecule has 0 amide bonds. The van der Waals surface area contributed by atoms with E-state index in [0.29, 0.717) is 5.92 Å². The van der Waals surface area contributed by atoms with Gasteiger partial charge in [0.05, 0.1) is 23.3 Å². The minimum Gasteiger partial charge on any atom is -0.545 e. The number of hydrogen-bond acceptors (Lipinski definition) is 6. The molecular formula is C19H22N2O4-2. The molecule has 0 spiro atoms. The highest BCUT2D eigenvalue weighted by molar-refractivity contribution is 5.99. The van der Waals surface area contributed by atoms with E-state index in [1.807, 2.05) is 19.9 Å². The lowest BCUT2D eigenvalue weighted by Gasteiger charge is -2.22. The molecule has 2 rings (SSSR count). The molecule has 0 radical (unpaired) electrons. The van der Waals surface area contributed by atoms with Gasteiger partial charge in [0, 0.05) is 11.5 Å². The minimum atomic E-state index is -1.47. The second-order valence-corrected chi connectivity index (χ2v) is 6.54. The standard InChI is InChI=1S/C19H24N2O4/c1-12(2)10-17(13-6-4-3-5-7-13)21-20-16-9-8-14(18(22)23)11-15(16)19(24)25/h8-11,13,20H,3-7H2,1-2H3,(H,22,23)(H,24,25)/p-2/b21-17+. The zero-order valence-corrected chi connectivity index (χ0v) is 14.5. The van der Waals surface area contributed by atoms with Crippen LogP contribution in [0.15, 0.2) is 34.9 Å². The summed E-state index contributed by atoms with van der Waals surface area (Å²) in [7, 11) is 0. The van der Waals surface area contributed by atoms with E-state index in [2.05, 4.69) is 10.5 Å². The Bertz CT molecular complexity index is 712. The fraction of sp³-hybridized carbons (Fsp3) is 0.421. The van der Waals surface area contributed by atoms with Gasteiger partial charge in [0.15, 0.2) is 0 Å². The fourth-order valence-corrected chi connectivity index (χ4v) is 3.00. The van der Waals surface area contributed by atoms with Gasteiger partial charge < -0.3 is 19.8 Å². The van der Waals surface area contributed by atoms with E-state index in [9.17, 15) is 19.8 Å². The molecule has 0 atom stereocenters. The number of carboxylic acid groups (broad SMARTS) is 2. The number of hydrazone groups is 1. The van der Waals surface area contributed by atoms with E-state index in [-0.39, 0.29) is 16.8 Å². The highest BCUT2D eigenvalue weighted by Crippen LogP contribution is 2.26. The van der Waals surface area contributed by atoms with Crippen molar-refractivity contribution in [1.82, 2.24) is 0 Å². The largest absolute Gasteiger partial charge is 0.545 e. The van der Waals surface area contributed by atoms with Crippen LogP contribution < -0.4 is 15.6 Å². The number of anilines is 1. The van der Waals surface area contributed by atoms with Crippen LogP contribution in [0.5, 0.6) is 0 Å². The second kappa shape index (κ2) is 8.46. The summed E-state index contributed by atoms with van der Waals surface area (Å²) in [6.45, 7) is 3.97. The summed E-state index contributed by atoms with van der Waals surface area (Å²) in [5, 5.41) is 26.6. The van der Waals surface area contributed by atoms with E-state index in [1.165, 1.54) is 18.6 Å². The minimum absolute atomic E-state index is 0.195. The fourth-order valence-electron chi connectivity index (χ4n) is 3.00. The number of aromatic carboxylic acids is 2. The van der Waals surface area contributed by atoms with Crippen molar-refractivity contribution in [1.29, 1.82) is 0 Å². The summed E-state index contributed by atoms with van der Waals surface area (Å²) >= 11 is 0. The number of nitrogens with zero attached hydrogens (tertiary/aromatic N) is 1. The summed E-state index contributed by atoms with van der Waals surface area (Å²) in [5.41, 5.74) is 4.48. The van der Waals surface area contributed by atoms with Gasteiger partial charge in [-0.3, -0.25) is 5.43 Å². The Hall–Kier alpha value is -2.63. The second-order valence-electron chi connectivity index (χ2n) is 6.54. The van der Waals surface area contributed by atoms with Gasteiger partial charge >= 0.3 is 0 Å². The van der Waals surface area contributed by atoms with Crippen molar-refractivity contribution in [2.45, 2.75) is 46.0 Å². The van der Waals surface area contributed by atoms with Crippen LogP contribution in [0, 0.1) is 5.92 Å². The Balaban J connectivity index is 2.31. The SMILES string of the molecule is CC(C)=C/C(=N\Nc1ccc(C(=O)[O-])cc1C(=O)[O-])C1CCCCC1. The smallest absolute Gasteiger partial charge is 0.0736 e. The van der Waals surface area contributed by atoms with Crippen molar-refractivity contribution in [2.24, 2.45) is 11.0 Å². The number of rotatable bonds is 6. The molecule has 0 saturated heterocycles. The van der Waals surface area contributed by atoms with Gasteiger partial charge in [-0.2, -0.15) is 5.10 Å². The van der Waals surface area contributed by atoms with Gasteiger partial charge in [0.2, 0.25) is 0 Å². The number of benzene rings is 1. The van der Waals surface area contributed by atoms with Crippen LogP contribution in [0.2, 0.25) is 0 Å². The topological polar surface area (TPSA) is 105 Å². The molecule has 0 bridgehead atoms. The number of allylic oxidation sites excluding steroid dienone is 2.